The number of nitrogens with one attached hydrogen (secondary N) is 1. The van der Waals surface area contributed by atoms with E-state index < -0.39 is 18.3 Å². The van der Waals surface area contributed by atoms with Crippen LogP contribution in [0.3, 0.4) is 0 Å². The summed E-state index contributed by atoms with van der Waals surface area (Å²) >= 11 is 0. The fourth-order valence-corrected chi connectivity index (χ4v) is 5.05. The standard InChI is InChI=1S/C28H30N2O4/c31-26(27(32)19-8-7-9-20(16-19)30-14-5-6-15-30)17-29-28(33)34-18-25-23-12-3-1-10-21(23)22-11-2-4-13-24(22)25/h1-4,7-13,16,25-27,31-32H,5-6,14-15,17-18H2,(H,29,33). The van der Waals surface area contributed by atoms with Crippen LogP contribution in [0.4, 0.5) is 10.5 Å². The number of ether oxygens (including phenoxy) is 1. The Hall–Kier alpha value is -3.35. The fraction of sp³-hybridized carbons (Fsp3) is 0.321. The van der Waals surface area contributed by atoms with Crippen LogP contribution in [0.1, 0.15) is 41.6 Å². The number of hydrogen-bond donors (Lipinski definition) is 3. The number of alkyl carbamates (subject to hydrolysis) is 1. The van der Waals surface area contributed by atoms with Crippen molar-refractivity contribution in [2.75, 3.05) is 31.1 Å². The van der Waals surface area contributed by atoms with Crippen LogP contribution in [-0.4, -0.2) is 48.7 Å². The van der Waals surface area contributed by atoms with Crippen molar-refractivity contribution in [3.8, 4) is 11.1 Å². The maximum absolute atomic E-state index is 12.4. The molecule has 3 aromatic carbocycles. The van der Waals surface area contributed by atoms with Gasteiger partial charge in [-0.15, -0.1) is 0 Å². The number of benzene rings is 3. The van der Waals surface area contributed by atoms with Crippen LogP contribution in [0.25, 0.3) is 11.1 Å². The molecule has 2 unspecified atom stereocenters. The van der Waals surface area contributed by atoms with E-state index in [2.05, 4.69) is 34.5 Å². The Kier molecular flexibility index (Phi) is 6.52. The van der Waals surface area contributed by atoms with Crippen LogP contribution >= 0.6 is 0 Å². The van der Waals surface area contributed by atoms with Crippen LogP contribution in [0.15, 0.2) is 72.8 Å². The number of fused-ring (bicyclic) bond motifs is 3. The highest BCUT2D eigenvalue weighted by atomic mass is 16.5. The molecule has 2 atom stereocenters. The zero-order valence-electron chi connectivity index (χ0n) is 19.1. The number of nitrogens with zero attached hydrogens (tertiary/aromatic N) is 1. The van der Waals surface area contributed by atoms with Gasteiger partial charge in [-0.25, -0.2) is 4.79 Å². The summed E-state index contributed by atoms with van der Waals surface area (Å²) < 4.78 is 5.51. The molecule has 6 nitrogen and oxygen atoms in total. The monoisotopic (exact) mass is 458 g/mol. The van der Waals surface area contributed by atoms with Crippen molar-refractivity contribution in [3.05, 3.63) is 89.5 Å². The Labute approximate surface area is 199 Å². The Morgan fingerprint density at radius 1 is 0.941 bits per heavy atom. The average molecular weight is 459 g/mol. The molecule has 6 heteroatoms. The first kappa shape index (κ1) is 22.4. The maximum Gasteiger partial charge on any atom is 0.407 e. The average Bonchev–Trinajstić information content (AvgIpc) is 3.53. The zero-order chi connectivity index (χ0) is 23.5. The van der Waals surface area contributed by atoms with Crippen molar-refractivity contribution in [2.45, 2.75) is 31.0 Å². The lowest BCUT2D eigenvalue weighted by atomic mass is 9.98. The van der Waals surface area contributed by atoms with E-state index in [1.165, 1.54) is 24.0 Å². The number of rotatable bonds is 7. The normalized spacial score (nSPS) is 16.6. The number of aliphatic hydroxyl groups excluding tert-OH is 2. The highest BCUT2D eigenvalue weighted by molar-refractivity contribution is 5.79. The van der Waals surface area contributed by atoms with E-state index in [0.29, 0.717) is 5.56 Å². The molecule has 1 fully saturated rings. The molecule has 1 aliphatic carbocycles. The van der Waals surface area contributed by atoms with Crippen LogP contribution in [0.5, 0.6) is 0 Å². The first-order chi connectivity index (χ1) is 16.6. The Morgan fingerprint density at radius 3 is 2.26 bits per heavy atom. The van der Waals surface area contributed by atoms with E-state index in [1.54, 1.807) is 6.07 Å². The van der Waals surface area contributed by atoms with Crippen molar-refractivity contribution < 1.29 is 19.7 Å². The Bertz CT molecular complexity index is 1110. The third kappa shape index (κ3) is 4.52. The molecular weight excluding hydrogens is 428 g/mol. The second kappa shape index (κ2) is 9.87. The Morgan fingerprint density at radius 2 is 1.59 bits per heavy atom. The van der Waals surface area contributed by atoms with E-state index in [-0.39, 0.29) is 19.1 Å². The van der Waals surface area contributed by atoms with E-state index in [4.69, 9.17) is 4.74 Å². The summed E-state index contributed by atoms with van der Waals surface area (Å²) in [6.45, 7) is 2.11. The lowest BCUT2D eigenvalue weighted by molar-refractivity contribution is 0.0186. The number of carbonyl (C=O) groups is 1. The molecule has 0 radical (unpaired) electrons. The lowest BCUT2D eigenvalue weighted by Crippen LogP contribution is -2.36. The minimum absolute atomic E-state index is 0.0259. The highest BCUT2D eigenvalue weighted by Crippen LogP contribution is 2.44. The summed E-state index contributed by atoms with van der Waals surface area (Å²) in [6, 6.07) is 23.9. The van der Waals surface area contributed by atoms with Gasteiger partial charge >= 0.3 is 6.09 Å². The first-order valence-corrected chi connectivity index (χ1v) is 11.9. The van der Waals surface area contributed by atoms with E-state index in [0.717, 1.165) is 29.9 Å². The summed E-state index contributed by atoms with van der Waals surface area (Å²) in [5, 5.41) is 23.7. The number of hydrogen-bond acceptors (Lipinski definition) is 5. The maximum atomic E-state index is 12.4. The molecule has 1 amide bonds. The third-order valence-electron chi connectivity index (χ3n) is 6.85. The molecule has 0 aromatic heterocycles. The van der Waals surface area contributed by atoms with Crippen molar-refractivity contribution >= 4 is 11.8 Å². The predicted octanol–water partition coefficient (Wildman–Crippen LogP) is 4.22. The lowest BCUT2D eigenvalue weighted by Gasteiger charge is -2.22. The molecule has 3 N–H and O–H groups in total. The summed E-state index contributed by atoms with van der Waals surface area (Å²) in [5.74, 6) is -0.0259. The van der Waals surface area contributed by atoms with Gasteiger partial charge in [0, 0.05) is 31.2 Å². The van der Waals surface area contributed by atoms with Gasteiger partial charge in [-0.2, -0.15) is 0 Å². The van der Waals surface area contributed by atoms with Gasteiger partial charge in [-0.05, 0) is 52.8 Å². The molecule has 1 aliphatic heterocycles. The van der Waals surface area contributed by atoms with Gasteiger partial charge in [-0.1, -0.05) is 60.7 Å². The van der Waals surface area contributed by atoms with Gasteiger partial charge in [0.2, 0.25) is 0 Å². The zero-order valence-corrected chi connectivity index (χ0v) is 19.1. The van der Waals surface area contributed by atoms with Crippen molar-refractivity contribution in [1.82, 2.24) is 5.32 Å². The SMILES string of the molecule is O=C(NCC(O)C(O)c1cccc(N2CCCC2)c1)OCC1c2ccccc2-c2ccccc21. The highest BCUT2D eigenvalue weighted by Gasteiger charge is 2.29. The molecule has 1 saturated heterocycles. The molecule has 1 heterocycles. The number of aliphatic hydroxyl groups is 2. The van der Waals surface area contributed by atoms with Gasteiger partial charge in [0.25, 0.3) is 0 Å². The number of amides is 1. The number of carbonyl (C=O) groups excluding carboxylic acids is 1. The molecule has 5 rings (SSSR count). The summed E-state index contributed by atoms with van der Waals surface area (Å²) in [4.78, 5) is 14.7. The second-order valence-corrected chi connectivity index (χ2v) is 9.01. The third-order valence-corrected chi connectivity index (χ3v) is 6.85. The predicted molar refractivity (Wildman–Crippen MR) is 132 cm³/mol. The molecule has 34 heavy (non-hydrogen) atoms. The summed E-state index contributed by atoms with van der Waals surface area (Å²) in [6.07, 6.45) is -0.525. The fourth-order valence-electron chi connectivity index (χ4n) is 5.05. The summed E-state index contributed by atoms with van der Waals surface area (Å²) in [7, 11) is 0. The minimum atomic E-state index is -1.14. The van der Waals surface area contributed by atoms with Gasteiger partial charge in [0.15, 0.2) is 0 Å². The van der Waals surface area contributed by atoms with Crippen LogP contribution in [-0.2, 0) is 4.74 Å². The Balaban J connectivity index is 1.16. The van der Waals surface area contributed by atoms with Crippen LogP contribution in [0.2, 0.25) is 0 Å². The second-order valence-electron chi connectivity index (χ2n) is 9.01. The van der Waals surface area contributed by atoms with Crippen molar-refractivity contribution in [3.63, 3.8) is 0 Å². The van der Waals surface area contributed by atoms with Crippen molar-refractivity contribution in [1.29, 1.82) is 0 Å². The molecular formula is C28H30N2O4. The van der Waals surface area contributed by atoms with Gasteiger partial charge < -0.3 is 25.2 Å². The molecule has 2 aliphatic rings. The largest absolute Gasteiger partial charge is 0.449 e. The van der Waals surface area contributed by atoms with Crippen molar-refractivity contribution in [2.24, 2.45) is 0 Å². The summed E-state index contributed by atoms with van der Waals surface area (Å²) in [5.41, 5.74) is 6.30. The topological polar surface area (TPSA) is 82.0 Å². The van der Waals surface area contributed by atoms with E-state index in [9.17, 15) is 15.0 Å². The minimum Gasteiger partial charge on any atom is -0.449 e. The van der Waals surface area contributed by atoms with Crippen LogP contribution < -0.4 is 10.2 Å². The van der Waals surface area contributed by atoms with E-state index in [1.807, 2.05) is 42.5 Å². The quantitative estimate of drug-likeness (QED) is 0.494. The van der Waals surface area contributed by atoms with E-state index >= 15 is 0 Å². The van der Waals surface area contributed by atoms with Crippen LogP contribution in [0, 0.1) is 0 Å². The molecule has 0 saturated carbocycles. The molecule has 176 valence electrons. The number of anilines is 1. The first-order valence-electron chi connectivity index (χ1n) is 11.9. The smallest absolute Gasteiger partial charge is 0.407 e. The molecule has 0 bridgehead atoms. The van der Waals surface area contributed by atoms with Gasteiger partial charge in [0.1, 0.15) is 18.8 Å². The van der Waals surface area contributed by atoms with Gasteiger partial charge in [-0.3, -0.25) is 0 Å². The molecule has 0 spiro atoms. The van der Waals surface area contributed by atoms with Gasteiger partial charge in [0.05, 0.1) is 0 Å². The molecule has 3 aromatic rings.